The zero-order chi connectivity index (χ0) is 16.4. The number of piperidine rings is 1. The maximum absolute atomic E-state index is 12.7. The highest BCUT2D eigenvalue weighted by molar-refractivity contribution is 6.03. The van der Waals surface area contributed by atoms with Gasteiger partial charge in [-0.3, -0.25) is 9.59 Å². The number of amides is 2. The summed E-state index contributed by atoms with van der Waals surface area (Å²) in [5.74, 6) is 0.356. The zero-order valence-electron chi connectivity index (χ0n) is 13.3. The van der Waals surface area contributed by atoms with Gasteiger partial charge in [0.25, 0.3) is 5.91 Å². The Kier molecular flexibility index (Phi) is 4.22. The topological polar surface area (TPSA) is 93.0 Å². The quantitative estimate of drug-likeness (QED) is 0.882. The van der Waals surface area contributed by atoms with E-state index in [0.717, 1.165) is 12.8 Å². The third kappa shape index (κ3) is 3.01. The molecule has 1 aliphatic heterocycles. The summed E-state index contributed by atoms with van der Waals surface area (Å²) in [4.78, 5) is 30.2. The Morgan fingerprint density at radius 3 is 2.78 bits per heavy atom. The predicted molar refractivity (Wildman–Crippen MR) is 83.6 cm³/mol. The molecule has 3 heterocycles. The highest BCUT2D eigenvalue weighted by Gasteiger charge is 2.26. The van der Waals surface area contributed by atoms with Crippen LogP contribution in [0.1, 0.15) is 29.6 Å². The summed E-state index contributed by atoms with van der Waals surface area (Å²) in [6.07, 6.45) is 3.82. The van der Waals surface area contributed by atoms with E-state index in [0.29, 0.717) is 42.2 Å². The van der Waals surface area contributed by atoms with Crippen molar-refractivity contribution in [3.05, 3.63) is 17.8 Å². The van der Waals surface area contributed by atoms with E-state index in [9.17, 15) is 9.59 Å². The van der Waals surface area contributed by atoms with E-state index in [4.69, 9.17) is 0 Å². The second-order valence-electron chi connectivity index (χ2n) is 5.86. The molecule has 8 nitrogen and oxygen atoms in total. The Morgan fingerprint density at radius 1 is 1.35 bits per heavy atom. The lowest BCUT2D eigenvalue weighted by Gasteiger charge is -2.31. The summed E-state index contributed by atoms with van der Waals surface area (Å²) in [5.41, 5.74) is 1.67. The maximum Gasteiger partial charge on any atom is 0.256 e. The van der Waals surface area contributed by atoms with Gasteiger partial charge in [-0.05, 0) is 24.8 Å². The van der Waals surface area contributed by atoms with Crippen molar-refractivity contribution in [2.75, 3.05) is 20.1 Å². The zero-order valence-corrected chi connectivity index (χ0v) is 13.3. The summed E-state index contributed by atoms with van der Waals surface area (Å²) in [5, 5.41) is 10.6. The van der Waals surface area contributed by atoms with E-state index in [2.05, 4.69) is 20.6 Å². The molecule has 1 N–H and O–H groups in total. The van der Waals surface area contributed by atoms with Crippen LogP contribution in [-0.4, -0.2) is 56.8 Å². The monoisotopic (exact) mass is 316 g/mol. The number of likely N-dealkylation sites (tertiary alicyclic amines) is 1. The van der Waals surface area contributed by atoms with Crippen LogP contribution in [0, 0.1) is 5.92 Å². The maximum atomic E-state index is 12.7. The minimum Gasteiger partial charge on any atom is -0.359 e. The summed E-state index contributed by atoms with van der Waals surface area (Å²) in [6, 6.07) is 1.69. The van der Waals surface area contributed by atoms with Crippen LogP contribution >= 0.6 is 0 Å². The number of aryl methyl sites for hydroxylation is 1. The van der Waals surface area contributed by atoms with Crippen molar-refractivity contribution in [1.82, 2.24) is 30.2 Å². The van der Waals surface area contributed by atoms with Gasteiger partial charge in [0.05, 0.1) is 5.56 Å². The lowest BCUT2D eigenvalue weighted by molar-refractivity contribution is -0.121. The van der Waals surface area contributed by atoms with Crippen molar-refractivity contribution in [3.8, 4) is 0 Å². The predicted octanol–water partition coefficient (Wildman–Crippen LogP) is 0.352. The number of carbonyl (C=O) groups excluding carboxylic acids is 2. The third-order valence-corrected chi connectivity index (χ3v) is 4.38. The van der Waals surface area contributed by atoms with Gasteiger partial charge in [-0.2, -0.15) is 0 Å². The van der Waals surface area contributed by atoms with E-state index in [1.165, 1.54) is 0 Å². The molecule has 3 rings (SSSR count). The van der Waals surface area contributed by atoms with Gasteiger partial charge in [-0.1, -0.05) is 5.21 Å². The van der Waals surface area contributed by atoms with Gasteiger partial charge in [0, 0.05) is 39.8 Å². The molecule has 1 aliphatic rings. The number of hydrogen-bond acceptors (Lipinski definition) is 5. The molecule has 23 heavy (non-hydrogen) atoms. The first-order chi connectivity index (χ1) is 11.1. The molecule has 122 valence electrons. The lowest BCUT2D eigenvalue weighted by atomic mass is 9.93. The standard InChI is InChI=1S/C15H20N6O2/c1-16-12(22)9-10-4-7-21(8-5-10)15(23)11-3-6-17-14-13(11)18-19-20(14)2/h3,6,10H,4-5,7-9H2,1-2H3,(H,16,22). The molecular formula is C15H20N6O2. The molecule has 0 unspecified atom stereocenters. The average molecular weight is 316 g/mol. The van der Waals surface area contributed by atoms with Crippen molar-refractivity contribution in [1.29, 1.82) is 0 Å². The number of carbonyl (C=O) groups is 2. The molecule has 0 aliphatic carbocycles. The van der Waals surface area contributed by atoms with E-state index >= 15 is 0 Å². The number of aromatic nitrogens is 4. The number of nitrogens with zero attached hydrogens (tertiary/aromatic N) is 5. The molecule has 0 saturated carbocycles. The highest BCUT2D eigenvalue weighted by Crippen LogP contribution is 2.23. The molecule has 0 bridgehead atoms. The van der Waals surface area contributed by atoms with Crippen LogP contribution in [0.25, 0.3) is 11.2 Å². The SMILES string of the molecule is CNC(=O)CC1CCN(C(=O)c2ccnc3c2nnn3C)CC1. The normalized spacial score (nSPS) is 15.8. The summed E-state index contributed by atoms with van der Waals surface area (Å²) < 4.78 is 1.56. The molecule has 2 amide bonds. The molecule has 0 aromatic carbocycles. The number of hydrogen-bond donors (Lipinski definition) is 1. The fraction of sp³-hybridized carbons (Fsp3) is 0.533. The van der Waals surface area contributed by atoms with Crippen LogP contribution in [0.2, 0.25) is 0 Å². The molecule has 0 atom stereocenters. The van der Waals surface area contributed by atoms with Gasteiger partial charge in [0.1, 0.15) is 5.52 Å². The molecule has 0 radical (unpaired) electrons. The summed E-state index contributed by atoms with van der Waals surface area (Å²) in [6.45, 7) is 1.31. The van der Waals surface area contributed by atoms with Crippen molar-refractivity contribution in [2.45, 2.75) is 19.3 Å². The molecule has 1 saturated heterocycles. The summed E-state index contributed by atoms with van der Waals surface area (Å²) >= 11 is 0. The smallest absolute Gasteiger partial charge is 0.256 e. The van der Waals surface area contributed by atoms with Crippen LogP contribution in [0.4, 0.5) is 0 Å². The highest BCUT2D eigenvalue weighted by atomic mass is 16.2. The Morgan fingerprint density at radius 2 is 2.09 bits per heavy atom. The van der Waals surface area contributed by atoms with Crippen molar-refractivity contribution in [3.63, 3.8) is 0 Å². The van der Waals surface area contributed by atoms with Crippen LogP contribution in [0.15, 0.2) is 12.3 Å². The fourth-order valence-electron chi connectivity index (χ4n) is 2.98. The molecule has 2 aromatic rings. The first-order valence-corrected chi connectivity index (χ1v) is 7.74. The fourth-order valence-corrected chi connectivity index (χ4v) is 2.98. The van der Waals surface area contributed by atoms with Gasteiger partial charge in [0.15, 0.2) is 5.65 Å². The number of fused-ring (bicyclic) bond motifs is 1. The molecule has 0 spiro atoms. The van der Waals surface area contributed by atoms with Gasteiger partial charge in [0.2, 0.25) is 5.91 Å². The molecule has 1 fully saturated rings. The van der Waals surface area contributed by atoms with E-state index < -0.39 is 0 Å². The van der Waals surface area contributed by atoms with Crippen LogP contribution in [0.3, 0.4) is 0 Å². The van der Waals surface area contributed by atoms with Crippen LogP contribution in [0.5, 0.6) is 0 Å². The third-order valence-electron chi connectivity index (χ3n) is 4.38. The molecular weight excluding hydrogens is 296 g/mol. The Bertz CT molecular complexity index is 733. The van der Waals surface area contributed by atoms with Crippen molar-refractivity contribution in [2.24, 2.45) is 13.0 Å². The first kappa shape index (κ1) is 15.4. The molecule has 2 aromatic heterocycles. The minimum absolute atomic E-state index is 0.0451. The van der Waals surface area contributed by atoms with E-state index in [1.54, 1.807) is 31.0 Å². The van der Waals surface area contributed by atoms with Gasteiger partial charge in [-0.25, -0.2) is 9.67 Å². The van der Waals surface area contributed by atoms with Crippen LogP contribution in [-0.2, 0) is 11.8 Å². The number of rotatable bonds is 3. The Hall–Kier alpha value is -2.51. The Balaban J connectivity index is 1.71. The first-order valence-electron chi connectivity index (χ1n) is 7.74. The van der Waals surface area contributed by atoms with Crippen molar-refractivity contribution >= 4 is 23.0 Å². The van der Waals surface area contributed by atoms with Gasteiger partial charge in [-0.15, -0.1) is 5.10 Å². The van der Waals surface area contributed by atoms with E-state index in [-0.39, 0.29) is 11.8 Å². The largest absolute Gasteiger partial charge is 0.359 e. The molecule has 8 heteroatoms. The van der Waals surface area contributed by atoms with Crippen molar-refractivity contribution < 1.29 is 9.59 Å². The number of pyridine rings is 1. The van der Waals surface area contributed by atoms with Gasteiger partial charge < -0.3 is 10.2 Å². The summed E-state index contributed by atoms with van der Waals surface area (Å²) in [7, 11) is 3.40. The second-order valence-corrected chi connectivity index (χ2v) is 5.86. The van der Waals surface area contributed by atoms with E-state index in [1.807, 2.05) is 4.90 Å². The number of nitrogens with one attached hydrogen (secondary N) is 1. The lowest BCUT2D eigenvalue weighted by Crippen LogP contribution is -2.39. The van der Waals surface area contributed by atoms with Gasteiger partial charge >= 0.3 is 0 Å². The minimum atomic E-state index is -0.0451. The second kappa shape index (κ2) is 6.31. The van der Waals surface area contributed by atoms with Crippen LogP contribution < -0.4 is 5.32 Å². The Labute approximate surface area is 133 Å². The average Bonchev–Trinajstić information content (AvgIpc) is 2.96.